The molecule has 7 nitrogen and oxygen atoms in total. The minimum absolute atomic E-state index is 0.0868. The first-order valence-corrected chi connectivity index (χ1v) is 18.0. The lowest BCUT2D eigenvalue weighted by molar-refractivity contribution is -0.151. The second-order valence-electron chi connectivity index (χ2n) is 13.5. The molecule has 0 spiro atoms. The van der Waals surface area contributed by atoms with E-state index in [0.29, 0.717) is 19.4 Å². The molecular weight excluding hydrogens is 649 g/mol. The van der Waals surface area contributed by atoms with Crippen LogP contribution in [0.4, 0.5) is 4.79 Å². The van der Waals surface area contributed by atoms with Gasteiger partial charge in [0.2, 0.25) is 0 Å². The normalized spacial score (nSPS) is 12.1. The molecule has 0 aliphatic heterocycles. The van der Waals surface area contributed by atoms with Crippen LogP contribution in [0, 0.1) is 11.8 Å². The van der Waals surface area contributed by atoms with Gasteiger partial charge in [-0.3, -0.25) is 4.79 Å². The van der Waals surface area contributed by atoms with Crippen molar-refractivity contribution in [2.75, 3.05) is 13.1 Å². The van der Waals surface area contributed by atoms with Crippen molar-refractivity contribution in [2.24, 2.45) is 11.8 Å². The summed E-state index contributed by atoms with van der Waals surface area (Å²) in [5.74, 6) is -1.37. The van der Waals surface area contributed by atoms with Gasteiger partial charge >= 0.3 is 18.0 Å². The van der Waals surface area contributed by atoms with E-state index in [1.807, 2.05) is 159 Å². The number of aryl methyl sites for hydroxylation is 1. The molecule has 2 atom stereocenters. The molecule has 0 aliphatic rings. The largest absolute Gasteiger partial charge is 0.461 e. The first kappa shape index (κ1) is 37.6. The number of carbonyl (C=O) groups excluding carboxylic acids is 3. The number of rotatable bonds is 17. The van der Waals surface area contributed by atoms with Gasteiger partial charge in [-0.2, -0.15) is 0 Å². The highest BCUT2D eigenvalue weighted by molar-refractivity contribution is 5.84. The maximum atomic E-state index is 14.2. The monoisotopic (exact) mass is 696 g/mol. The van der Waals surface area contributed by atoms with E-state index >= 15 is 0 Å². The highest BCUT2D eigenvalue weighted by atomic mass is 16.5. The van der Waals surface area contributed by atoms with Crippen LogP contribution in [0.1, 0.15) is 42.5 Å². The number of carbonyl (C=O) groups is 3. The molecule has 1 N–H and O–H groups in total. The van der Waals surface area contributed by atoms with Crippen LogP contribution in [0.3, 0.4) is 0 Å². The maximum Gasteiger partial charge on any atom is 0.329 e. The van der Waals surface area contributed by atoms with Gasteiger partial charge in [0.15, 0.2) is 0 Å². The minimum atomic E-state index is -0.957. The number of urea groups is 1. The Morgan fingerprint density at radius 3 is 1.58 bits per heavy atom. The molecule has 52 heavy (non-hydrogen) atoms. The molecule has 7 heteroatoms. The molecule has 0 fully saturated rings. The lowest BCUT2D eigenvalue weighted by Gasteiger charge is -2.30. The highest BCUT2D eigenvalue weighted by Gasteiger charge is 2.30. The molecule has 0 heterocycles. The van der Waals surface area contributed by atoms with E-state index in [1.165, 1.54) is 0 Å². The SMILES string of the molecule is CC(C)CN(CC(CCc1ccccc1)C(=O)OCc1ccccc1)C(=O)N[C@@H](Cc1ccc(-c2ccccc2)cc1)C(=O)OCc1ccccc1. The number of ether oxygens (including phenoxy) is 2. The summed E-state index contributed by atoms with van der Waals surface area (Å²) in [6.45, 7) is 4.80. The van der Waals surface area contributed by atoms with Gasteiger partial charge in [0.25, 0.3) is 0 Å². The summed E-state index contributed by atoms with van der Waals surface area (Å²) in [7, 11) is 0. The standard InChI is InChI=1S/C45H48N2O5/c1-34(2)30-47(31-41(28-23-35-15-7-3-8-16-35)43(48)51-32-37-17-9-4-10-18-37)45(50)46-42(44(49)52-33-38-19-11-5-12-20-38)29-36-24-26-40(27-25-36)39-21-13-6-14-22-39/h3-22,24-27,34,41-42H,23,28-33H2,1-2H3,(H,46,50)/t41?,42-/m0/s1. The van der Waals surface area contributed by atoms with Crippen molar-refractivity contribution in [1.29, 1.82) is 0 Å². The summed E-state index contributed by atoms with van der Waals surface area (Å²) >= 11 is 0. The van der Waals surface area contributed by atoms with Gasteiger partial charge in [-0.05, 0) is 52.1 Å². The fourth-order valence-corrected chi connectivity index (χ4v) is 6.03. The van der Waals surface area contributed by atoms with Crippen LogP contribution < -0.4 is 5.32 Å². The molecule has 0 aromatic heterocycles. The second-order valence-corrected chi connectivity index (χ2v) is 13.5. The van der Waals surface area contributed by atoms with E-state index in [-0.39, 0.29) is 38.1 Å². The Bertz CT molecular complexity index is 1810. The average Bonchev–Trinajstić information content (AvgIpc) is 3.18. The zero-order valence-electron chi connectivity index (χ0n) is 30.0. The number of esters is 2. The number of nitrogens with zero attached hydrogens (tertiary/aromatic N) is 1. The second kappa shape index (κ2) is 19.6. The Morgan fingerprint density at radius 2 is 1.04 bits per heavy atom. The number of nitrogens with one attached hydrogen (secondary N) is 1. The molecule has 0 saturated heterocycles. The summed E-state index contributed by atoms with van der Waals surface area (Å²) in [5.41, 5.74) is 5.87. The number of amides is 2. The first-order valence-electron chi connectivity index (χ1n) is 18.0. The van der Waals surface area contributed by atoms with E-state index in [0.717, 1.165) is 33.4 Å². The van der Waals surface area contributed by atoms with Gasteiger partial charge in [-0.15, -0.1) is 0 Å². The van der Waals surface area contributed by atoms with E-state index in [1.54, 1.807) is 4.90 Å². The maximum absolute atomic E-state index is 14.2. The lowest BCUT2D eigenvalue weighted by Crippen LogP contribution is -2.52. The van der Waals surface area contributed by atoms with Crippen LogP contribution in [-0.2, 0) is 45.1 Å². The molecule has 0 saturated carbocycles. The van der Waals surface area contributed by atoms with E-state index in [4.69, 9.17) is 9.47 Å². The minimum Gasteiger partial charge on any atom is -0.461 e. The van der Waals surface area contributed by atoms with Gasteiger partial charge in [-0.25, -0.2) is 9.59 Å². The zero-order chi connectivity index (χ0) is 36.5. The molecule has 5 aromatic rings. The fraction of sp³-hybridized carbons (Fsp3) is 0.267. The predicted molar refractivity (Wildman–Crippen MR) is 205 cm³/mol. The summed E-state index contributed by atoms with van der Waals surface area (Å²) in [6, 6.07) is 45.6. The third kappa shape index (κ3) is 12.0. The molecule has 268 valence electrons. The highest BCUT2D eigenvalue weighted by Crippen LogP contribution is 2.21. The van der Waals surface area contributed by atoms with E-state index in [9.17, 15) is 14.4 Å². The van der Waals surface area contributed by atoms with E-state index < -0.39 is 24.0 Å². The van der Waals surface area contributed by atoms with Crippen LogP contribution in [0.5, 0.6) is 0 Å². The van der Waals surface area contributed by atoms with Crippen LogP contribution >= 0.6 is 0 Å². The molecule has 0 bridgehead atoms. The quantitative estimate of drug-likeness (QED) is 0.0984. The molecule has 5 rings (SSSR count). The van der Waals surface area contributed by atoms with Crippen LogP contribution in [0.15, 0.2) is 146 Å². The van der Waals surface area contributed by atoms with Crippen molar-refractivity contribution in [3.8, 4) is 11.1 Å². The third-order valence-electron chi connectivity index (χ3n) is 8.80. The molecular formula is C45H48N2O5. The van der Waals surface area contributed by atoms with Gasteiger partial charge in [0.05, 0.1) is 5.92 Å². The van der Waals surface area contributed by atoms with Crippen molar-refractivity contribution in [3.05, 3.63) is 168 Å². The van der Waals surface area contributed by atoms with Crippen LogP contribution in [0.2, 0.25) is 0 Å². The molecule has 1 unspecified atom stereocenters. The topological polar surface area (TPSA) is 84.9 Å². The van der Waals surface area contributed by atoms with Crippen molar-refractivity contribution < 1.29 is 23.9 Å². The molecule has 5 aromatic carbocycles. The molecule has 2 amide bonds. The van der Waals surface area contributed by atoms with Crippen molar-refractivity contribution in [1.82, 2.24) is 10.2 Å². The first-order chi connectivity index (χ1) is 25.3. The van der Waals surface area contributed by atoms with Crippen molar-refractivity contribution in [3.63, 3.8) is 0 Å². The summed E-state index contributed by atoms with van der Waals surface area (Å²) < 4.78 is 11.6. The lowest BCUT2D eigenvalue weighted by atomic mass is 9.98. The zero-order valence-corrected chi connectivity index (χ0v) is 30.0. The van der Waals surface area contributed by atoms with Gasteiger partial charge < -0.3 is 19.7 Å². The smallest absolute Gasteiger partial charge is 0.329 e. The van der Waals surface area contributed by atoms with Crippen molar-refractivity contribution in [2.45, 2.75) is 52.4 Å². The summed E-state index contributed by atoms with van der Waals surface area (Å²) in [5, 5.41) is 2.99. The van der Waals surface area contributed by atoms with Gasteiger partial charge in [0, 0.05) is 19.5 Å². The Balaban J connectivity index is 1.34. The number of hydrogen-bond donors (Lipinski definition) is 1. The Labute approximate surface area is 307 Å². The Kier molecular flexibility index (Phi) is 14.2. The van der Waals surface area contributed by atoms with Crippen LogP contribution in [-0.4, -0.2) is 42.0 Å². The number of hydrogen-bond acceptors (Lipinski definition) is 5. The van der Waals surface area contributed by atoms with E-state index in [2.05, 4.69) is 5.32 Å². The van der Waals surface area contributed by atoms with Gasteiger partial charge in [0.1, 0.15) is 19.3 Å². The summed E-state index contributed by atoms with van der Waals surface area (Å²) in [4.78, 5) is 43.1. The molecule has 0 radical (unpaired) electrons. The van der Waals surface area contributed by atoms with Gasteiger partial charge in [-0.1, -0.05) is 159 Å². The predicted octanol–water partition coefficient (Wildman–Crippen LogP) is 8.67. The summed E-state index contributed by atoms with van der Waals surface area (Å²) in [6.07, 6.45) is 1.38. The molecule has 0 aliphatic carbocycles. The number of benzene rings is 5. The Morgan fingerprint density at radius 1 is 0.558 bits per heavy atom. The Hall–Kier alpha value is -5.69. The average molecular weight is 697 g/mol. The third-order valence-corrected chi connectivity index (χ3v) is 8.80. The van der Waals surface area contributed by atoms with Crippen LogP contribution in [0.25, 0.3) is 11.1 Å². The van der Waals surface area contributed by atoms with Crippen molar-refractivity contribution >= 4 is 18.0 Å². The fourth-order valence-electron chi connectivity index (χ4n) is 6.03.